The van der Waals surface area contributed by atoms with Gasteiger partial charge in [-0.15, -0.1) is 0 Å². The molecule has 0 radical (unpaired) electrons. The molecule has 3 nitrogen and oxygen atoms in total. The highest BCUT2D eigenvalue weighted by molar-refractivity contribution is 6.42. The summed E-state index contributed by atoms with van der Waals surface area (Å²) in [4.78, 5) is 4.00. The Morgan fingerprint density at radius 1 is 1.06 bits per heavy atom. The van der Waals surface area contributed by atoms with Crippen LogP contribution in [-0.4, -0.2) is 4.98 Å². The smallest absolute Gasteiger partial charge is 0.219 e. The molecular formula is C11H8Cl2N2O. The zero-order chi connectivity index (χ0) is 11.5. The molecular weight excluding hydrogens is 247 g/mol. The molecule has 1 aromatic heterocycles. The lowest BCUT2D eigenvalue weighted by atomic mass is 10.3. The van der Waals surface area contributed by atoms with Crippen molar-refractivity contribution in [1.29, 1.82) is 0 Å². The topological polar surface area (TPSA) is 48.1 Å². The Bertz CT molecular complexity index is 500. The number of nitrogens with zero attached hydrogens (tertiary/aromatic N) is 1. The first-order valence-corrected chi connectivity index (χ1v) is 5.25. The minimum atomic E-state index is 0.439. The average molecular weight is 255 g/mol. The first kappa shape index (κ1) is 11.0. The van der Waals surface area contributed by atoms with E-state index in [4.69, 9.17) is 33.7 Å². The van der Waals surface area contributed by atoms with Crippen LogP contribution in [0.3, 0.4) is 0 Å². The lowest BCUT2D eigenvalue weighted by molar-refractivity contribution is 0.463. The van der Waals surface area contributed by atoms with Crippen molar-refractivity contribution < 1.29 is 4.74 Å². The summed E-state index contributed by atoms with van der Waals surface area (Å²) >= 11 is 11.6. The van der Waals surface area contributed by atoms with Crippen LogP contribution >= 0.6 is 23.2 Å². The van der Waals surface area contributed by atoms with Crippen LogP contribution in [-0.2, 0) is 0 Å². The maximum Gasteiger partial charge on any atom is 0.219 e. The second-order valence-corrected chi connectivity index (χ2v) is 3.92. The Kier molecular flexibility index (Phi) is 3.17. The Morgan fingerprint density at radius 2 is 1.88 bits per heavy atom. The van der Waals surface area contributed by atoms with E-state index < -0.39 is 0 Å². The fourth-order valence-electron chi connectivity index (χ4n) is 1.11. The molecule has 0 fully saturated rings. The Morgan fingerprint density at radius 3 is 2.50 bits per heavy atom. The lowest BCUT2D eigenvalue weighted by Gasteiger charge is -2.05. The number of nitrogen functional groups attached to an aromatic ring is 1. The Balaban J connectivity index is 2.20. The second kappa shape index (κ2) is 4.60. The summed E-state index contributed by atoms with van der Waals surface area (Å²) < 4.78 is 5.46. The molecule has 1 heterocycles. The van der Waals surface area contributed by atoms with Gasteiger partial charge in [0.25, 0.3) is 0 Å². The van der Waals surface area contributed by atoms with E-state index >= 15 is 0 Å². The van der Waals surface area contributed by atoms with Gasteiger partial charge in [0.1, 0.15) is 5.75 Å². The molecule has 16 heavy (non-hydrogen) atoms. The molecule has 0 saturated carbocycles. The summed E-state index contributed by atoms with van der Waals surface area (Å²) in [7, 11) is 0. The molecule has 0 aliphatic rings. The predicted molar refractivity (Wildman–Crippen MR) is 65.2 cm³/mol. The SMILES string of the molecule is Nc1ccc(Oc2ccc(Cl)c(Cl)c2)nc1. The molecule has 0 bridgehead atoms. The minimum Gasteiger partial charge on any atom is -0.439 e. The fraction of sp³-hybridized carbons (Fsp3) is 0. The zero-order valence-corrected chi connectivity index (χ0v) is 9.66. The van der Waals surface area contributed by atoms with E-state index in [1.165, 1.54) is 6.20 Å². The largest absolute Gasteiger partial charge is 0.439 e. The monoisotopic (exact) mass is 254 g/mol. The van der Waals surface area contributed by atoms with Gasteiger partial charge in [-0.05, 0) is 18.2 Å². The van der Waals surface area contributed by atoms with E-state index in [0.717, 1.165) is 0 Å². The quantitative estimate of drug-likeness (QED) is 0.888. The van der Waals surface area contributed by atoms with E-state index in [9.17, 15) is 0 Å². The molecule has 0 aliphatic carbocycles. The van der Waals surface area contributed by atoms with Crippen LogP contribution in [0, 0.1) is 0 Å². The van der Waals surface area contributed by atoms with Crippen molar-refractivity contribution in [2.24, 2.45) is 0 Å². The zero-order valence-electron chi connectivity index (χ0n) is 8.15. The van der Waals surface area contributed by atoms with Gasteiger partial charge in [0.05, 0.1) is 21.9 Å². The lowest BCUT2D eigenvalue weighted by Crippen LogP contribution is -1.90. The molecule has 0 atom stereocenters. The molecule has 0 aliphatic heterocycles. The number of ether oxygens (including phenoxy) is 1. The van der Waals surface area contributed by atoms with Crippen LogP contribution in [0.5, 0.6) is 11.6 Å². The number of aromatic nitrogens is 1. The van der Waals surface area contributed by atoms with Gasteiger partial charge in [0.2, 0.25) is 5.88 Å². The number of halogens is 2. The van der Waals surface area contributed by atoms with E-state index in [1.54, 1.807) is 30.3 Å². The molecule has 2 rings (SSSR count). The van der Waals surface area contributed by atoms with Crippen LogP contribution in [0.25, 0.3) is 0 Å². The molecule has 0 unspecified atom stereocenters. The van der Waals surface area contributed by atoms with Crippen molar-refractivity contribution in [2.45, 2.75) is 0 Å². The third kappa shape index (κ3) is 2.56. The van der Waals surface area contributed by atoms with E-state index in [0.29, 0.717) is 27.4 Å². The van der Waals surface area contributed by atoms with Crippen LogP contribution in [0.15, 0.2) is 36.5 Å². The molecule has 2 aromatic rings. The van der Waals surface area contributed by atoms with Crippen molar-refractivity contribution in [3.05, 3.63) is 46.6 Å². The second-order valence-electron chi connectivity index (χ2n) is 3.11. The summed E-state index contributed by atoms with van der Waals surface area (Å²) in [5.74, 6) is 1.03. The van der Waals surface area contributed by atoms with Crippen LogP contribution in [0.2, 0.25) is 10.0 Å². The molecule has 2 N–H and O–H groups in total. The number of anilines is 1. The number of nitrogens with two attached hydrogens (primary N) is 1. The maximum absolute atomic E-state index is 5.85. The molecule has 0 amide bonds. The van der Waals surface area contributed by atoms with E-state index in [-0.39, 0.29) is 0 Å². The van der Waals surface area contributed by atoms with Crippen LogP contribution in [0.1, 0.15) is 0 Å². The van der Waals surface area contributed by atoms with Gasteiger partial charge in [0, 0.05) is 12.1 Å². The highest BCUT2D eigenvalue weighted by Crippen LogP contribution is 2.28. The summed E-state index contributed by atoms with van der Waals surface area (Å²) in [6, 6.07) is 8.39. The summed E-state index contributed by atoms with van der Waals surface area (Å²) in [6.07, 6.45) is 1.52. The van der Waals surface area contributed by atoms with Crippen molar-refractivity contribution in [2.75, 3.05) is 5.73 Å². The third-order valence-electron chi connectivity index (χ3n) is 1.87. The molecule has 0 saturated heterocycles. The van der Waals surface area contributed by atoms with Gasteiger partial charge in [0.15, 0.2) is 0 Å². The maximum atomic E-state index is 5.85. The van der Waals surface area contributed by atoms with E-state index in [1.807, 2.05) is 0 Å². The number of benzene rings is 1. The van der Waals surface area contributed by atoms with Crippen molar-refractivity contribution in [3.63, 3.8) is 0 Å². The molecule has 82 valence electrons. The molecule has 0 spiro atoms. The summed E-state index contributed by atoms with van der Waals surface area (Å²) in [6.45, 7) is 0. The number of hydrogen-bond acceptors (Lipinski definition) is 3. The van der Waals surface area contributed by atoms with Gasteiger partial charge >= 0.3 is 0 Å². The van der Waals surface area contributed by atoms with Gasteiger partial charge < -0.3 is 10.5 Å². The summed E-state index contributed by atoms with van der Waals surface area (Å²) in [5.41, 5.74) is 6.09. The predicted octanol–water partition coefficient (Wildman–Crippen LogP) is 3.76. The van der Waals surface area contributed by atoms with Gasteiger partial charge in [-0.3, -0.25) is 0 Å². The van der Waals surface area contributed by atoms with Crippen LogP contribution < -0.4 is 10.5 Å². The average Bonchev–Trinajstić information content (AvgIpc) is 2.27. The number of hydrogen-bond donors (Lipinski definition) is 1. The van der Waals surface area contributed by atoms with E-state index in [2.05, 4.69) is 4.98 Å². The first-order valence-electron chi connectivity index (χ1n) is 4.49. The highest BCUT2D eigenvalue weighted by Gasteiger charge is 2.02. The minimum absolute atomic E-state index is 0.439. The molecule has 5 heteroatoms. The summed E-state index contributed by atoms with van der Waals surface area (Å²) in [5, 5.41) is 0.925. The van der Waals surface area contributed by atoms with Gasteiger partial charge in [-0.1, -0.05) is 23.2 Å². The van der Waals surface area contributed by atoms with Gasteiger partial charge in [-0.2, -0.15) is 0 Å². The molecule has 1 aromatic carbocycles. The van der Waals surface area contributed by atoms with Crippen LogP contribution in [0.4, 0.5) is 5.69 Å². The number of rotatable bonds is 2. The van der Waals surface area contributed by atoms with Crippen molar-refractivity contribution >= 4 is 28.9 Å². The normalized spacial score (nSPS) is 10.1. The van der Waals surface area contributed by atoms with Crippen molar-refractivity contribution in [1.82, 2.24) is 4.98 Å². The Labute approximate surface area is 103 Å². The third-order valence-corrected chi connectivity index (χ3v) is 2.61. The highest BCUT2D eigenvalue weighted by atomic mass is 35.5. The number of pyridine rings is 1. The standard InChI is InChI=1S/C11H8Cl2N2O/c12-9-3-2-8(5-10(9)13)16-11-4-1-7(14)6-15-11/h1-6H,14H2. The fourth-order valence-corrected chi connectivity index (χ4v) is 1.40. The first-order chi connectivity index (χ1) is 7.65. The van der Waals surface area contributed by atoms with Crippen molar-refractivity contribution in [3.8, 4) is 11.6 Å². The van der Waals surface area contributed by atoms with Gasteiger partial charge in [-0.25, -0.2) is 4.98 Å². The Hall–Kier alpha value is -1.45.